The minimum Gasteiger partial charge on any atom is -0.488 e. The zero-order valence-corrected chi connectivity index (χ0v) is 71.0. The predicted molar refractivity (Wildman–Crippen MR) is 443 cm³/mol. The smallest absolute Gasteiger partial charge is 0.161 e. The van der Waals surface area contributed by atoms with Crippen molar-refractivity contribution in [1.82, 2.24) is 24.9 Å². The summed E-state index contributed by atoms with van der Waals surface area (Å²) in [6, 6.07) is 23.0. The first kappa shape index (κ1) is 102. The third-order valence-corrected chi connectivity index (χ3v) is 18.1. The molecule has 0 spiro atoms. The van der Waals surface area contributed by atoms with Gasteiger partial charge >= 0.3 is 0 Å². The molecule has 33 nitrogen and oxygen atoms in total. The number of benzene rings is 3. The second-order valence-corrected chi connectivity index (χ2v) is 27.1. The van der Waals surface area contributed by atoms with Crippen molar-refractivity contribution in [2.45, 2.75) is 19.3 Å². The van der Waals surface area contributed by atoms with Crippen LogP contribution in [0.1, 0.15) is 19.3 Å². The summed E-state index contributed by atoms with van der Waals surface area (Å²) >= 11 is 0. The van der Waals surface area contributed by atoms with Crippen LogP contribution in [-0.2, 0) is 104 Å². The van der Waals surface area contributed by atoms with Gasteiger partial charge in [0.05, 0.1) is 277 Å². The van der Waals surface area contributed by atoms with Crippen molar-refractivity contribution >= 4 is 0 Å². The maximum absolute atomic E-state index is 6.05. The van der Waals surface area contributed by atoms with Gasteiger partial charge in [0.15, 0.2) is 34.5 Å². The van der Waals surface area contributed by atoms with Gasteiger partial charge in [-0.15, -0.1) is 0 Å². The molecule has 12 rings (SSSR count). The number of nitrogens with zero attached hydrogens (tertiary/aromatic N) is 4. The first-order valence-electron chi connectivity index (χ1n) is 43.1. The van der Waals surface area contributed by atoms with Crippen molar-refractivity contribution in [2.24, 2.45) is 0 Å². The van der Waals surface area contributed by atoms with Crippen LogP contribution < -0.4 is 33.7 Å². The number of hydrogen-bond acceptors (Lipinski definition) is 33. The molecular formula is C85H147N5O28. The average Bonchev–Trinajstić information content (AvgIpc) is 0.905. The molecule has 9 heterocycles. The van der Waals surface area contributed by atoms with Crippen molar-refractivity contribution in [3.05, 3.63) is 72.8 Å². The highest BCUT2D eigenvalue weighted by atomic mass is 16.6. The summed E-state index contributed by atoms with van der Waals surface area (Å²) < 4.78 is 157. The van der Waals surface area contributed by atoms with E-state index in [0.29, 0.717) is 327 Å². The van der Waals surface area contributed by atoms with Crippen LogP contribution in [-0.4, -0.2) is 442 Å². The lowest BCUT2D eigenvalue weighted by atomic mass is 10.2. The molecule has 0 unspecified atom stereocenters. The molecule has 118 heavy (non-hydrogen) atoms. The molecule has 0 aliphatic carbocycles. The molecule has 0 saturated carbocycles. The van der Waals surface area contributed by atoms with Gasteiger partial charge in [0.2, 0.25) is 0 Å². The molecule has 4 bridgehead atoms. The van der Waals surface area contributed by atoms with Gasteiger partial charge in [-0.3, -0.25) is 19.6 Å². The Balaban J connectivity index is 0.000000232. The van der Waals surface area contributed by atoms with E-state index in [-0.39, 0.29) is 0 Å². The van der Waals surface area contributed by atoms with E-state index < -0.39 is 0 Å². The van der Waals surface area contributed by atoms with Crippen LogP contribution in [0.25, 0.3) is 0 Å². The lowest BCUT2D eigenvalue weighted by molar-refractivity contribution is -0.0334. The second-order valence-electron chi connectivity index (χ2n) is 27.1. The first-order valence-corrected chi connectivity index (χ1v) is 43.1. The van der Waals surface area contributed by atoms with E-state index in [2.05, 4.69) is 24.9 Å². The zero-order valence-electron chi connectivity index (χ0n) is 71.0. The molecule has 0 aromatic heterocycles. The minimum absolute atomic E-state index is 0.441. The molecule has 1 N–H and O–H groups in total. The van der Waals surface area contributed by atoms with Crippen LogP contribution in [0.3, 0.4) is 0 Å². The van der Waals surface area contributed by atoms with Gasteiger partial charge < -0.3 is 138 Å². The second kappa shape index (κ2) is 78.4. The van der Waals surface area contributed by atoms with Crippen molar-refractivity contribution in [1.29, 1.82) is 0 Å². The van der Waals surface area contributed by atoms with E-state index in [0.717, 1.165) is 149 Å². The summed E-state index contributed by atoms with van der Waals surface area (Å²) in [6.45, 7) is 42.6. The van der Waals surface area contributed by atoms with Crippen LogP contribution in [0.2, 0.25) is 0 Å². The molecule has 33 heteroatoms. The summed E-state index contributed by atoms with van der Waals surface area (Å²) in [5, 5.41) is 3.26. The average molecular weight is 1690 g/mol. The maximum Gasteiger partial charge on any atom is 0.161 e. The molecule has 6 fully saturated rings. The Bertz CT molecular complexity index is 2210. The van der Waals surface area contributed by atoms with Gasteiger partial charge in [-0.1, -0.05) is 36.4 Å². The number of para-hydroxylation sites is 6. The van der Waals surface area contributed by atoms with Gasteiger partial charge in [0.25, 0.3) is 0 Å². The van der Waals surface area contributed by atoms with E-state index in [1.165, 1.54) is 0 Å². The Hall–Kier alpha value is -4.62. The van der Waals surface area contributed by atoms with Crippen molar-refractivity contribution in [2.75, 3.05) is 422 Å². The quantitative estimate of drug-likeness (QED) is 0.318. The van der Waals surface area contributed by atoms with Crippen molar-refractivity contribution in [3.63, 3.8) is 0 Å². The summed E-state index contributed by atoms with van der Waals surface area (Å²) in [4.78, 5) is 9.23. The Morgan fingerprint density at radius 2 is 0.288 bits per heavy atom. The van der Waals surface area contributed by atoms with Crippen molar-refractivity contribution in [3.8, 4) is 34.5 Å². The Labute approximate surface area is 703 Å². The van der Waals surface area contributed by atoms with E-state index in [4.69, 9.17) is 133 Å². The summed E-state index contributed by atoms with van der Waals surface area (Å²) in [7, 11) is 0. The number of ether oxygens (including phenoxy) is 28. The highest BCUT2D eigenvalue weighted by Gasteiger charge is 2.15. The molecule has 9 aliphatic heterocycles. The summed E-state index contributed by atoms with van der Waals surface area (Å²) in [5.41, 5.74) is 0. The molecule has 0 amide bonds. The summed E-state index contributed by atoms with van der Waals surface area (Å²) in [5.74, 6) is 4.36. The topological polar surface area (TPSA) is 283 Å². The molecule has 9 aliphatic rings. The highest BCUT2D eigenvalue weighted by molar-refractivity contribution is 5.41. The largest absolute Gasteiger partial charge is 0.488 e. The molecular weight excluding hydrogens is 1540 g/mol. The maximum atomic E-state index is 6.05. The molecule has 0 radical (unpaired) electrons. The zero-order chi connectivity index (χ0) is 82.1. The third kappa shape index (κ3) is 59.2. The fraction of sp³-hybridized carbons (Fsp3) is 0.788. The lowest BCUT2D eigenvalue weighted by Gasteiger charge is -2.25. The van der Waals surface area contributed by atoms with E-state index >= 15 is 0 Å². The van der Waals surface area contributed by atoms with E-state index in [1.54, 1.807) is 0 Å². The van der Waals surface area contributed by atoms with E-state index in [1.807, 2.05) is 72.8 Å². The van der Waals surface area contributed by atoms with Gasteiger partial charge in [0.1, 0.15) is 39.6 Å². The Morgan fingerprint density at radius 1 is 0.144 bits per heavy atom. The van der Waals surface area contributed by atoms with Gasteiger partial charge in [-0.2, -0.15) is 0 Å². The van der Waals surface area contributed by atoms with Crippen molar-refractivity contribution < 1.29 is 133 Å². The van der Waals surface area contributed by atoms with Crippen LogP contribution in [0, 0.1) is 0 Å². The number of hydrogen-bond donors (Lipinski definition) is 1. The lowest BCUT2D eigenvalue weighted by Crippen LogP contribution is -2.36. The molecule has 3 aromatic carbocycles. The van der Waals surface area contributed by atoms with Gasteiger partial charge in [-0.25, -0.2) is 0 Å². The Kier molecular flexibility index (Phi) is 67.9. The first-order chi connectivity index (χ1) is 58.8. The standard InChI is InChI=1S/C22H36N2O6.C20H24O6.C18H36N2O6.C13H27NO4.C12H24O6/c1-2-4-22-21(3-1)29-15-9-23-5-11-25-17-19-27-13-7-24(10-16-30-22)8-14-28-20-18-26-12-6-23;1-2-6-18-17(5-1)23-13-9-21-11-15-25-19-7-3-4-8-20(19)26-16-12-22-10-14-24-18;1-7-21-13-14-24-10-4-20-5-11-25-17-15-22-8-2-19(1)3-9-23-16-18-26-12-6-20;1-2-6-15-10-12-17-8-4-14-5-9-18-13-11-16-7-3-1;1-2-14-5-6-16-9-10-18-12-11-17-8-7-15-4-3-13-1/h1-4H,5-20H2;1-8H,9-16H2;1-18H2;14H,1-13H2;1-12H2. The van der Waals surface area contributed by atoms with Crippen LogP contribution >= 0.6 is 0 Å². The fourth-order valence-corrected chi connectivity index (χ4v) is 11.5. The van der Waals surface area contributed by atoms with Crippen LogP contribution in [0.4, 0.5) is 0 Å². The molecule has 3 aromatic rings. The summed E-state index contributed by atoms with van der Waals surface area (Å²) in [6.07, 6.45) is 3.36. The highest BCUT2D eigenvalue weighted by Crippen LogP contribution is 2.29. The molecule has 6 saturated heterocycles. The minimum atomic E-state index is 0.441. The third-order valence-electron chi connectivity index (χ3n) is 18.1. The molecule has 680 valence electrons. The van der Waals surface area contributed by atoms with Crippen LogP contribution in [0.15, 0.2) is 72.8 Å². The number of rotatable bonds is 0. The van der Waals surface area contributed by atoms with Crippen LogP contribution in [0.5, 0.6) is 34.5 Å². The normalized spacial score (nSPS) is 24.5. The number of nitrogens with one attached hydrogen (secondary N) is 1. The van der Waals surface area contributed by atoms with Gasteiger partial charge in [-0.05, 0) is 55.7 Å². The SMILES string of the molecule is C1CCOCCOCCNCCOCCOCC1.C1COCCN2CCOCCOCCN(CCO1)CCOCCOCC2.C1COCCOCCOCCOCCOCCO1.c1ccc2c(c1)OCCN1CCOCCOCCN(CCOCCOCC1)CCO2.c1ccc2c(c1)OCCOCCOc1ccccc1OCCOCCO2. The number of fused-ring (bicyclic) bond motifs is 41. The Morgan fingerprint density at radius 3 is 0.483 bits per heavy atom. The monoisotopic (exact) mass is 1690 g/mol. The predicted octanol–water partition coefficient (Wildman–Crippen LogP) is 4.73. The fourth-order valence-electron chi connectivity index (χ4n) is 11.5. The molecule has 0 atom stereocenters. The van der Waals surface area contributed by atoms with E-state index in [9.17, 15) is 0 Å². The van der Waals surface area contributed by atoms with Gasteiger partial charge in [0, 0.05) is 105 Å².